The zero-order valence-corrected chi connectivity index (χ0v) is 13.5. The van der Waals surface area contributed by atoms with E-state index >= 15 is 0 Å². The van der Waals surface area contributed by atoms with Gasteiger partial charge in [0.1, 0.15) is 0 Å². The van der Waals surface area contributed by atoms with E-state index in [4.69, 9.17) is 14.0 Å². The summed E-state index contributed by atoms with van der Waals surface area (Å²) in [6.45, 7) is 6.49. The fourth-order valence-electron chi connectivity index (χ4n) is 1.55. The van der Waals surface area contributed by atoms with E-state index in [1.807, 2.05) is 0 Å². The van der Waals surface area contributed by atoms with Gasteiger partial charge in [0.2, 0.25) is 0 Å². The first-order valence-electron chi connectivity index (χ1n) is 6.55. The maximum absolute atomic E-state index is 11.9. The van der Waals surface area contributed by atoms with E-state index in [2.05, 4.69) is 0 Å². The number of ether oxygens (including phenoxy) is 2. The predicted molar refractivity (Wildman–Crippen MR) is 85.9 cm³/mol. The zero-order valence-electron chi connectivity index (χ0n) is 12.7. The minimum atomic E-state index is -4.59. The normalized spacial score (nSPS) is 11.1. The summed E-state index contributed by atoms with van der Waals surface area (Å²) in [5.74, 6) is -1.61. The van der Waals surface area contributed by atoms with Gasteiger partial charge in [-0.05, 0) is 45.9 Å². The van der Waals surface area contributed by atoms with Crippen LogP contribution in [-0.2, 0) is 19.6 Å². The number of carbonyl (C=O) groups is 2. The van der Waals surface area contributed by atoms with Crippen molar-refractivity contribution in [3.05, 3.63) is 29.3 Å². The van der Waals surface area contributed by atoms with Crippen LogP contribution in [-0.4, -0.2) is 74.9 Å². The summed E-state index contributed by atoms with van der Waals surface area (Å²) >= 11 is 0. The topological polar surface area (TPSA) is 107 Å². The second-order valence-electron chi connectivity index (χ2n) is 5.13. The molecule has 23 heavy (non-hydrogen) atoms. The fraction of sp³-hybridized carbons (Fsp3) is 0.429. The van der Waals surface area contributed by atoms with Crippen molar-refractivity contribution >= 4 is 59.8 Å². The third-order valence-corrected chi connectivity index (χ3v) is 3.19. The van der Waals surface area contributed by atoms with Crippen molar-refractivity contribution in [1.29, 1.82) is 0 Å². The molecule has 126 valence electrons. The molecule has 1 aromatic rings. The van der Waals surface area contributed by atoms with E-state index in [1.54, 1.807) is 27.7 Å². The molecule has 0 atom stereocenters. The molecule has 1 N–H and O–H groups in total. The fourth-order valence-corrected chi connectivity index (χ4v) is 2.10. The van der Waals surface area contributed by atoms with Crippen LogP contribution in [0.2, 0.25) is 0 Å². The monoisotopic (exact) mass is 372 g/mol. The standard InChI is InChI=1S/C14H18O7S.Ca.2H/c1-8(2)20-13(15)10-5-11(14(16)21-9(3)4)7-12(6-10)22(17,18)19;;;/h5-9H,1-4H3,(H,17,18,19);;;. The Bertz CT molecular complexity index is 640. The minimum absolute atomic E-state index is 0. The van der Waals surface area contributed by atoms with E-state index in [0.717, 1.165) is 18.2 Å². The Morgan fingerprint density at radius 1 is 0.913 bits per heavy atom. The summed E-state index contributed by atoms with van der Waals surface area (Å²) in [4.78, 5) is 23.2. The summed E-state index contributed by atoms with van der Waals surface area (Å²) in [6.07, 6.45) is -0.846. The molecule has 9 heteroatoms. The third-order valence-electron chi connectivity index (χ3n) is 2.36. The van der Waals surface area contributed by atoms with Gasteiger partial charge in [-0.25, -0.2) is 9.59 Å². The molecular weight excluding hydrogens is 352 g/mol. The molecule has 0 unspecified atom stereocenters. The Hall–Kier alpha value is -0.670. The molecule has 0 fully saturated rings. The molecule has 0 bridgehead atoms. The molecule has 0 saturated heterocycles. The molecule has 0 aromatic heterocycles. The first kappa shape index (κ1) is 22.3. The first-order valence-corrected chi connectivity index (χ1v) is 7.99. The third kappa shape index (κ3) is 7.17. The van der Waals surface area contributed by atoms with Gasteiger partial charge in [0.05, 0.1) is 28.2 Å². The van der Waals surface area contributed by atoms with Crippen molar-refractivity contribution in [3.63, 3.8) is 0 Å². The average molecular weight is 372 g/mol. The number of hydrogen-bond acceptors (Lipinski definition) is 6. The Kier molecular flexibility index (Phi) is 8.72. The van der Waals surface area contributed by atoms with Crippen LogP contribution in [0.5, 0.6) is 0 Å². The number of hydrogen-bond donors (Lipinski definition) is 1. The quantitative estimate of drug-likeness (QED) is 0.469. The van der Waals surface area contributed by atoms with Crippen molar-refractivity contribution in [3.8, 4) is 0 Å². The summed E-state index contributed by atoms with van der Waals surface area (Å²) in [6, 6.07) is 3.03. The number of benzene rings is 1. The van der Waals surface area contributed by atoms with Gasteiger partial charge in [-0.3, -0.25) is 4.55 Å². The molecule has 0 spiro atoms. The molecule has 0 amide bonds. The van der Waals surface area contributed by atoms with Gasteiger partial charge in [0.25, 0.3) is 10.1 Å². The van der Waals surface area contributed by atoms with Crippen LogP contribution >= 0.6 is 0 Å². The van der Waals surface area contributed by atoms with E-state index in [0.29, 0.717) is 0 Å². The molecule has 1 aromatic carbocycles. The van der Waals surface area contributed by atoms with Crippen molar-refractivity contribution in [2.45, 2.75) is 44.8 Å². The van der Waals surface area contributed by atoms with Crippen molar-refractivity contribution < 1.29 is 32.0 Å². The van der Waals surface area contributed by atoms with Gasteiger partial charge in [-0.2, -0.15) is 8.42 Å². The van der Waals surface area contributed by atoms with Gasteiger partial charge >= 0.3 is 49.7 Å². The SMILES string of the molecule is CC(C)OC(=O)c1cc(C(=O)OC(C)C)cc(S(=O)(=O)O)c1.[CaH2]. The van der Waals surface area contributed by atoms with Crippen molar-refractivity contribution in [2.75, 3.05) is 0 Å². The zero-order chi connectivity index (χ0) is 17.1. The Morgan fingerprint density at radius 2 is 1.26 bits per heavy atom. The number of esters is 2. The van der Waals surface area contributed by atoms with Gasteiger partial charge < -0.3 is 9.47 Å². The van der Waals surface area contributed by atoms with Crippen LogP contribution in [0.1, 0.15) is 48.4 Å². The Morgan fingerprint density at radius 3 is 1.52 bits per heavy atom. The summed E-state index contributed by atoms with van der Waals surface area (Å²) < 4.78 is 41.6. The molecule has 0 saturated carbocycles. The summed E-state index contributed by atoms with van der Waals surface area (Å²) in [7, 11) is -4.59. The molecular formula is C14H20CaO7S. The van der Waals surface area contributed by atoms with Gasteiger partial charge in [0.15, 0.2) is 0 Å². The van der Waals surface area contributed by atoms with Crippen molar-refractivity contribution in [2.24, 2.45) is 0 Å². The van der Waals surface area contributed by atoms with Crippen LogP contribution in [0.4, 0.5) is 0 Å². The number of carbonyl (C=O) groups excluding carboxylic acids is 2. The van der Waals surface area contributed by atoms with Crippen LogP contribution in [0, 0.1) is 0 Å². The van der Waals surface area contributed by atoms with Crippen LogP contribution in [0.25, 0.3) is 0 Å². The molecule has 0 heterocycles. The molecule has 0 aliphatic rings. The van der Waals surface area contributed by atoms with E-state index in [1.165, 1.54) is 0 Å². The van der Waals surface area contributed by atoms with Crippen molar-refractivity contribution in [1.82, 2.24) is 0 Å². The molecule has 1 rings (SSSR count). The summed E-state index contributed by atoms with van der Waals surface area (Å²) in [5.41, 5.74) is -0.334. The molecule has 0 aliphatic heterocycles. The molecule has 7 nitrogen and oxygen atoms in total. The predicted octanol–water partition coefficient (Wildman–Crippen LogP) is 1.15. The second-order valence-corrected chi connectivity index (χ2v) is 6.55. The van der Waals surface area contributed by atoms with E-state index in [-0.39, 0.29) is 48.9 Å². The first-order chi connectivity index (χ1) is 10.0. The van der Waals surface area contributed by atoms with E-state index in [9.17, 15) is 18.0 Å². The van der Waals surface area contributed by atoms with Crippen LogP contribution < -0.4 is 0 Å². The average Bonchev–Trinajstić information content (AvgIpc) is 2.35. The number of rotatable bonds is 5. The van der Waals surface area contributed by atoms with Crippen LogP contribution in [0.3, 0.4) is 0 Å². The second kappa shape index (κ2) is 8.98. The molecule has 0 radical (unpaired) electrons. The van der Waals surface area contributed by atoms with Gasteiger partial charge in [-0.1, -0.05) is 0 Å². The molecule has 0 aliphatic carbocycles. The van der Waals surface area contributed by atoms with Gasteiger partial charge in [-0.15, -0.1) is 0 Å². The maximum atomic E-state index is 11.9. The van der Waals surface area contributed by atoms with Crippen LogP contribution in [0.15, 0.2) is 23.1 Å². The summed E-state index contributed by atoms with van der Waals surface area (Å²) in [5, 5.41) is 0. The van der Waals surface area contributed by atoms with Gasteiger partial charge in [0, 0.05) is 0 Å². The van der Waals surface area contributed by atoms with E-state index < -0.39 is 39.2 Å². The Labute approximate surface area is 165 Å². The Balaban J connectivity index is 0.00000484.